The van der Waals surface area contributed by atoms with Crippen LogP contribution in [0.2, 0.25) is 0 Å². The first kappa shape index (κ1) is 12.0. The van der Waals surface area contributed by atoms with E-state index in [0.29, 0.717) is 11.5 Å². The summed E-state index contributed by atoms with van der Waals surface area (Å²) in [5.41, 5.74) is 5.33. The Morgan fingerprint density at radius 1 is 1.25 bits per heavy atom. The molecule has 3 nitrogen and oxygen atoms in total. The smallest absolute Gasteiger partial charge is 0.408 e. The van der Waals surface area contributed by atoms with E-state index in [-0.39, 0.29) is 4.83 Å². The third-order valence-electron chi connectivity index (χ3n) is 4.01. The van der Waals surface area contributed by atoms with Gasteiger partial charge in [0.15, 0.2) is 5.58 Å². The van der Waals surface area contributed by atoms with Gasteiger partial charge in [0.05, 0.1) is 5.52 Å². The molecule has 1 aromatic heterocycles. The number of H-pyrrole nitrogens is 1. The van der Waals surface area contributed by atoms with Crippen LogP contribution in [0.3, 0.4) is 0 Å². The minimum Gasteiger partial charge on any atom is -0.408 e. The highest BCUT2D eigenvalue weighted by atomic mass is 79.9. The first-order valence-corrected chi connectivity index (χ1v) is 7.48. The van der Waals surface area contributed by atoms with Crippen LogP contribution >= 0.6 is 15.9 Å². The molecule has 2 aromatic carbocycles. The predicted molar refractivity (Wildman–Crippen MR) is 81.4 cm³/mol. The van der Waals surface area contributed by atoms with Crippen molar-refractivity contribution in [1.82, 2.24) is 4.98 Å². The quantitative estimate of drug-likeness (QED) is 0.725. The number of hydrogen-bond donors (Lipinski definition) is 1. The molecule has 2 atom stereocenters. The number of hydrogen-bond acceptors (Lipinski definition) is 2. The zero-order valence-electron chi connectivity index (χ0n) is 10.6. The Balaban J connectivity index is 1.71. The van der Waals surface area contributed by atoms with Crippen LogP contribution in [-0.2, 0) is 6.42 Å². The van der Waals surface area contributed by atoms with E-state index < -0.39 is 5.76 Å². The van der Waals surface area contributed by atoms with Crippen molar-refractivity contribution >= 4 is 27.0 Å². The molecular formula is C16H12BrNO2. The summed E-state index contributed by atoms with van der Waals surface area (Å²) >= 11 is 3.80. The van der Waals surface area contributed by atoms with Crippen LogP contribution < -0.4 is 5.76 Å². The molecule has 0 spiro atoms. The van der Waals surface area contributed by atoms with Gasteiger partial charge < -0.3 is 4.42 Å². The Labute approximate surface area is 123 Å². The molecule has 0 radical (unpaired) electrons. The van der Waals surface area contributed by atoms with Gasteiger partial charge in [-0.1, -0.05) is 46.3 Å². The number of aromatic amines is 1. The number of rotatable bonds is 2. The highest BCUT2D eigenvalue weighted by Crippen LogP contribution is 2.47. The molecule has 100 valence electrons. The molecule has 0 saturated heterocycles. The molecule has 1 heterocycles. The maximum Gasteiger partial charge on any atom is 0.417 e. The van der Waals surface area contributed by atoms with Gasteiger partial charge in [-0.25, -0.2) is 4.79 Å². The molecule has 1 N–H and O–H groups in total. The van der Waals surface area contributed by atoms with Gasteiger partial charge in [0.25, 0.3) is 0 Å². The minimum atomic E-state index is -0.405. The van der Waals surface area contributed by atoms with Crippen LogP contribution in [0, 0.1) is 0 Å². The number of nitrogens with one attached hydrogen (secondary N) is 1. The summed E-state index contributed by atoms with van der Waals surface area (Å²) in [5, 5.41) is 0. The van der Waals surface area contributed by atoms with Gasteiger partial charge in [-0.2, -0.15) is 0 Å². The maximum absolute atomic E-state index is 11.2. The average Bonchev–Trinajstić information content (AvgIpc) is 2.79. The number of halogens is 1. The summed E-state index contributed by atoms with van der Waals surface area (Å²) in [6, 6.07) is 14.4. The van der Waals surface area contributed by atoms with E-state index in [9.17, 15) is 4.79 Å². The van der Waals surface area contributed by atoms with Crippen LogP contribution in [0.15, 0.2) is 51.7 Å². The van der Waals surface area contributed by atoms with Crippen LogP contribution in [0.5, 0.6) is 0 Å². The first-order valence-electron chi connectivity index (χ1n) is 6.57. The lowest BCUT2D eigenvalue weighted by Gasteiger charge is -2.34. The summed E-state index contributed by atoms with van der Waals surface area (Å²) in [5.74, 6) is 0.0755. The Morgan fingerprint density at radius 2 is 2.10 bits per heavy atom. The largest absolute Gasteiger partial charge is 0.417 e. The van der Waals surface area contributed by atoms with E-state index in [1.165, 1.54) is 11.1 Å². The molecule has 0 fully saturated rings. The normalized spacial score (nSPS) is 18.6. The summed E-state index contributed by atoms with van der Waals surface area (Å²) in [4.78, 5) is 14.1. The molecule has 4 rings (SSSR count). The summed E-state index contributed by atoms with van der Waals surface area (Å²) in [7, 11) is 0. The SMILES string of the molecule is O=c1[nH]c2ccc(C(Br)C3Cc4ccccc43)cc2o1. The van der Waals surface area contributed by atoms with Crippen molar-refractivity contribution in [2.75, 3.05) is 0 Å². The fraction of sp³-hybridized carbons (Fsp3) is 0.188. The second-order valence-electron chi connectivity index (χ2n) is 5.18. The Kier molecular flexibility index (Phi) is 2.60. The standard InChI is InChI=1S/C16H12BrNO2/c17-15(12-7-9-3-1-2-4-11(9)12)10-5-6-13-14(8-10)20-16(19)18-13/h1-6,8,12,15H,7H2,(H,18,19). The first-order chi connectivity index (χ1) is 9.72. The monoisotopic (exact) mass is 329 g/mol. The summed E-state index contributed by atoms with van der Waals surface area (Å²) in [6.45, 7) is 0. The molecule has 0 aliphatic heterocycles. The summed E-state index contributed by atoms with van der Waals surface area (Å²) in [6.07, 6.45) is 1.08. The molecule has 1 aliphatic rings. The van der Waals surface area contributed by atoms with Crippen molar-refractivity contribution < 1.29 is 4.42 Å². The van der Waals surface area contributed by atoms with Crippen LogP contribution in [0.1, 0.15) is 27.4 Å². The topological polar surface area (TPSA) is 46.0 Å². The number of fused-ring (bicyclic) bond motifs is 2. The third-order valence-corrected chi connectivity index (χ3v) is 5.18. The van der Waals surface area contributed by atoms with Crippen molar-refractivity contribution in [1.29, 1.82) is 0 Å². The molecule has 0 amide bonds. The number of aromatic nitrogens is 1. The van der Waals surface area contributed by atoms with Crippen molar-refractivity contribution in [3.63, 3.8) is 0 Å². The van der Waals surface area contributed by atoms with Gasteiger partial charge in [0.2, 0.25) is 0 Å². The van der Waals surface area contributed by atoms with E-state index >= 15 is 0 Å². The van der Waals surface area contributed by atoms with Crippen molar-refractivity contribution in [2.24, 2.45) is 0 Å². The van der Waals surface area contributed by atoms with E-state index in [1.54, 1.807) is 0 Å². The number of oxazole rings is 1. The lowest BCUT2D eigenvalue weighted by Crippen LogP contribution is -2.20. The van der Waals surface area contributed by atoms with Crippen LogP contribution in [0.25, 0.3) is 11.1 Å². The average molecular weight is 330 g/mol. The minimum absolute atomic E-state index is 0.238. The Morgan fingerprint density at radius 3 is 2.95 bits per heavy atom. The lowest BCUT2D eigenvalue weighted by atomic mass is 9.74. The Hall–Kier alpha value is -1.81. The number of benzene rings is 2. The van der Waals surface area contributed by atoms with Gasteiger partial charge >= 0.3 is 5.76 Å². The second kappa shape index (κ2) is 4.35. The number of alkyl halides is 1. The van der Waals surface area contributed by atoms with Crippen molar-refractivity contribution in [2.45, 2.75) is 17.2 Å². The molecule has 20 heavy (non-hydrogen) atoms. The molecular weight excluding hydrogens is 318 g/mol. The summed E-state index contributed by atoms with van der Waals surface area (Å²) < 4.78 is 5.13. The zero-order valence-corrected chi connectivity index (χ0v) is 12.2. The van der Waals surface area contributed by atoms with Gasteiger partial charge in [0.1, 0.15) is 0 Å². The molecule has 0 saturated carbocycles. The van der Waals surface area contributed by atoms with Gasteiger partial charge in [0, 0.05) is 10.7 Å². The van der Waals surface area contributed by atoms with E-state index in [2.05, 4.69) is 45.2 Å². The van der Waals surface area contributed by atoms with Crippen molar-refractivity contribution in [3.8, 4) is 0 Å². The zero-order chi connectivity index (χ0) is 13.7. The Bertz CT molecular complexity index is 849. The van der Waals surface area contributed by atoms with Crippen molar-refractivity contribution in [3.05, 3.63) is 69.7 Å². The molecule has 4 heteroatoms. The second-order valence-corrected chi connectivity index (χ2v) is 6.17. The fourth-order valence-electron chi connectivity index (χ4n) is 2.92. The molecule has 3 aromatic rings. The molecule has 1 aliphatic carbocycles. The third kappa shape index (κ3) is 1.75. The predicted octanol–water partition coefficient (Wildman–Crippen LogP) is 3.90. The van der Waals surface area contributed by atoms with Gasteiger partial charge in [-0.15, -0.1) is 0 Å². The highest BCUT2D eigenvalue weighted by Gasteiger charge is 2.32. The van der Waals surface area contributed by atoms with E-state index in [0.717, 1.165) is 17.5 Å². The lowest BCUT2D eigenvalue weighted by molar-refractivity contribution is 0.554. The molecule has 0 bridgehead atoms. The fourth-order valence-corrected chi connectivity index (χ4v) is 3.68. The maximum atomic E-state index is 11.2. The van der Waals surface area contributed by atoms with E-state index in [4.69, 9.17) is 4.42 Å². The van der Waals surface area contributed by atoms with Crippen LogP contribution in [0.4, 0.5) is 0 Å². The molecule has 2 unspecified atom stereocenters. The van der Waals surface area contributed by atoms with Crippen LogP contribution in [-0.4, -0.2) is 4.98 Å². The highest BCUT2D eigenvalue weighted by molar-refractivity contribution is 9.09. The van der Waals surface area contributed by atoms with Gasteiger partial charge in [-0.05, 0) is 35.2 Å². The van der Waals surface area contributed by atoms with Gasteiger partial charge in [-0.3, -0.25) is 4.98 Å². The van der Waals surface area contributed by atoms with E-state index in [1.807, 2.05) is 18.2 Å².